The summed E-state index contributed by atoms with van der Waals surface area (Å²) in [4.78, 5) is 0.952. The molecule has 2 fully saturated rings. The van der Waals surface area contributed by atoms with Crippen molar-refractivity contribution in [3.05, 3.63) is 10.6 Å². The lowest BCUT2D eigenvalue weighted by molar-refractivity contribution is -0.116. The molecule has 2 aliphatic rings. The Hall–Kier alpha value is -0.560. The van der Waals surface area contributed by atoms with Gasteiger partial charge in [0.2, 0.25) is 0 Å². The predicted molar refractivity (Wildman–Crippen MR) is 75.7 cm³/mol. The smallest absolute Gasteiger partial charge is 0.0947 e. The SMILES string of the molecule is CCCc1nnsc1C(O)C1CCOC2(CCOC2)C1. The molecule has 3 heterocycles. The van der Waals surface area contributed by atoms with E-state index in [1.165, 1.54) is 11.5 Å². The molecule has 0 saturated carbocycles. The fraction of sp³-hybridized carbons (Fsp3) is 0.857. The molecule has 1 spiro atoms. The zero-order valence-electron chi connectivity index (χ0n) is 11.9. The average Bonchev–Trinajstić information content (AvgIpc) is 3.09. The number of aryl methyl sites for hydroxylation is 1. The van der Waals surface area contributed by atoms with Crippen LogP contribution in [0.2, 0.25) is 0 Å². The quantitative estimate of drug-likeness (QED) is 0.922. The molecule has 112 valence electrons. The summed E-state index contributed by atoms with van der Waals surface area (Å²) in [7, 11) is 0. The Bertz CT molecular complexity index is 445. The maximum Gasteiger partial charge on any atom is 0.0947 e. The number of rotatable bonds is 4. The highest BCUT2D eigenvalue weighted by atomic mass is 32.1. The second kappa shape index (κ2) is 6.05. The summed E-state index contributed by atoms with van der Waals surface area (Å²) in [6, 6.07) is 0. The fourth-order valence-corrected chi connectivity index (χ4v) is 4.04. The lowest BCUT2D eigenvalue weighted by Crippen LogP contribution is -2.41. The van der Waals surface area contributed by atoms with E-state index in [1.54, 1.807) is 0 Å². The Balaban J connectivity index is 1.72. The van der Waals surface area contributed by atoms with Crippen LogP contribution in [0.15, 0.2) is 0 Å². The Morgan fingerprint density at radius 1 is 1.50 bits per heavy atom. The van der Waals surface area contributed by atoms with E-state index < -0.39 is 6.10 Å². The maximum atomic E-state index is 10.7. The van der Waals surface area contributed by atoms with E-state index in [2.05, 4.69) is 16.5 Å². The minimum absolute atomic E-state index is 0.160. The summed E-state index contributed by atoms with van der Waals surface area (Å²) in [5.74, 6) is 0.225. The molecule has 0 radical (unpaired) electrons. The van der Waals surface area contributed by atoms with Crippen LogP contribution >= 0.6 is 11.5 Å². The zero-order valence-corrected chi connectivity index (χ0v) is 12.7. The lowest BCUT2D eigenvalue weighted by Gasteiger charge is -2.38. The van der Waals surface area contributed by atoms with Crippen LogP contribution in [0.1, 0.15) is 49.3 Å². The second-order valence-corrected chi connectivity index (χ2v) is 6.65. The summed E-state index contributed by atoms with van der Waals surface area (Å²) in [5.41, 5.74) is 0.806. The molecule has 1 aromatic rings. The number of aliphatic hydroxyl groups excluding tert-OH is 1. The minimum Gasteiger partial charge on any atom is -0.387 e. The predicted octanol–water partition coefficient (Wildman–Crippen LogP) is 2.11. The zero-order chi connectivity index (χ0) is 14.0. The molecule has 0 bridgehead atoms. The maximum absolute atomic E-state index is 10.7. The van der Waals surface area contributed by atoms with E-state index in [-0.39, 0.29) is 11.5 Å². The van der Waals surface area contributed by atoms with Gasteiger partial charge in [0.15, 0.2) is 0 Å². The molecular weight excluding hydrogens is 276 g/mol. The molecule has 3 rings (SSSR count). The fourth-order valence-electron chi connectivity index (χ4n) is 3.26. The van der Waals surface area contributed by atoms with Crippen molar-refractivity contribution in [2.45, 2.75) is 50.7 Å². The van der Waals surface area contributed by atoms with Gasteiger partial charge in [-0.25, -0.2) is 0 Å². The Kier molecular flexibility index (Phi) is 4.35. The first-order chi connectivity index (χ1) is 9.74. The van der Waals surface area contributed by atoms with Crippen LogP contribution in [0.3, 0.4) is 0 Å². The molecule has 20 heavy (non-hydrogen) atoms. The van der Waals surface area contributed by atoms with E-state index in [4.69, 9.17) is 9.47 Å². The summed E-state index contributed by atoms with van der Waals surface area (Å²) in [6.45, 7) is 4.26. The van der Waals surface area contributed by atoms with Crippen molar-refractivity contribution in [1.82, 2.24) is 9.59 Å². The molecular formula is C14H22N2O3S. The van der Waals surface area contributed by atoms with Gasteiger partial charge in [-0.1, -0.05) is 17.8 Å². The molecule has 1 aromatic heterocycles. The van der Waals surface area contributed by atoms with Crippen molar-refractivity contribution in [1.29, 1.82) is 0 Å². The van der Waals surface area contributed by atoms with Gasteiger partial charge in [0, 0.05) is 19.6 Å². The van der Waals surface area contributed by atoms with Crippen molar-refractivity contribution in [2.75, 3.05) is 19.8 Å². The molecule has 1 N–H and O–H groups in total. The third-order valence-corrected chi connectivity index (χ3v) is 5.22. The normalized spacial score (nSPS) is 31.8. The van der Waals surface area contributed by atoms with Crippen LogP contribution in [0.25, 0.3) is 0 Å². The number of nitrogens with zero attached hydrogens (tertiary/aromatic N) is 2. The highest BCUT2D eigenvalue weighted by Crippen LogP contribution is 2.42. The summed E-state index contributed by atoms with van der Waals surface area (Å²) in [5, 5.41) is 14.9. The average molecular weight is 298 g/mol. The van der Waals surface area contributed by atoms with Crippen molar-refractivity contribution >= 4 is 11.5 Å². The van der Waals surface area contributed by atoms with Gasteiger partial charge in [0.05, 0.1) is 28.9 Å². The second-order valence-electron chi connectivity index (χ2n) is 5.87. The van der Waals surface area contributed by atoms with Gasteiger partial charge in [-0.05, 0) is 36.7 Å². The van der Waals surface area contributed by atoms with Crippen molar-refractivity contribution in [3.8, 4) is 0 Å². The van der Waals surface area contributed by atoms with Crippen LogP contribution in [0.4, 0.5) is 0 Å². The molecule has 3 unspecified atom stereocenters. The molecule has 2 saturated heterocycles. The molecule has 0 aromatic carbocycles. The van der Waals surface area contributed by atoms with Gasteiger partial charge in [-0.15, -0.1) is 5.10 Å². The van der Waals surface area contributed by atoms with Crippen LogP contribution in [-0.4, -0.2) is 40.1 Å². The molecule has 2 aliphatic heterocycles. The van der Waals surface area contributed by atoms with Gasteiger partial charge in [0.1, 0.15) is 0 Å². The number of ether oxygens (including phenoxy) is 2. The number of hydrogen-bond donors (Lipinski definition) is 1. The van der Waals surface area contributed by atoms with Gasteiger partial charge in [-0.3, -0.25) is 0 Å². The number of aromatic nitrogens is 2. The molecule has 6 heteroatoms. The van der Waals surface area contributed by atoms with E-state index in [0.29, 0.717) is 13.2 Å². The van der Waals surface area contributed by atoms with Crippen molar-refractivity contribution in [3.63, 3.8) is 0 Å². The molecule has 0 amide bonds. The van der Waals surface area contributed by atoms with E-state index in [1.807, 2.05) is 0 Å². The van der Waals surface area contributed by atoms with Gasteiger partial charge in [-0.2, -0.15) is 0 Å². The van der Waals surface area contributed by atoms with Crippen molar-refractivity contribution < 1.29 is 14.6 Å². The third kappa shape index (κ3) is 2.74. The number of aliphatic hydroxyl groups is 1. The first kappa shape index (κ1) is 14.4. The van der Waals surface area contributed by atoms with Crippen molar-refractivity contribution in [2.24, 2.45) is 5.92 Å². The summed E-state index contributed by atoms with van der Waals surface area (Å²) < 4.78 is 15.4. The lowest BCUT2D eigenvalue weighted by atomic mass is 9.81. The topological polar surface area (TPSA) is 64.5 Å². The third-order valence-electron chi connectivity index (χ3n) is 4.39. The van der Waals surface area contributed by atoms with Crippen LogP contribution in [0, 0.1) is 5.92 Å². The highest BCUT2D eigenvalue weighted by Gasteiger charge is 2.43. The van der Waals surface area contributed by atoms with Crippen LogP contribution in [0.5, 0.6) is 0 Å². The summed E-state index contributed by atoms with van der Waals surface area (Å²) in [6.07, 6.45) is 4.16. The first-order valence-corrected chi connectivity index (χ1v) is 8.22. The van der Waals surface area contributed by atoms with Crippen LogP contribution in [-0.2, 0) is 15.9 Å². The van der Waals surface area contributed by atoms with Gasteiger partial charge in [0.25, 0.3) is 0 Å². The summed E-state index contributed by atoms with van der Waals surface area (Å²) >= 11 is 1.34. The minimum atomic E-state index is -0.460. The van der Waals surface area contributed by atoms with Gasteiger partial charge < -0.3 is 14.6 Å². The Labute approximate surface area is 123 Å². The number of hydrogen-bond acceptors (Lipinski definition) is 6. The van der Waals surface area contributed by atoms with E-state index >= 15 is 0 Å². The standard InChI is InChI=1S/C14H22N2O3S/c1-2-3-11-13(20-16-15-11)12(17)10-4-6-19-14(8-10)5-7-18-9-14/h10,12,17H,2-9H2,1H3. The van der Waals surface area contributed by atoms with Crippen LogP contribution < -0.4 is 0 Å². The van der Waals surface area contributed by atoms with Gasteiger partial charge >= 0.3 is 0 Å². The largest absolute Gasteiger partial charge is 0.387 e. The highest BCUT2D eigenvalue weighted by molar-refractivity contribution is 7.05. The molecule has 5 nitrogen and oxygen atoms in total. The molecule has 0 aliphatic carbocycles. The Morgan fingerprint density at radius 2 is 2.40 bits per heavy atom. The Morgan fingerprint density at radius 3 is 3.15 bits per heavy atom. The monoisotopic (exact) mass is 298 g/mol. The first-order valence-electron chi connectivity index (χ1n) is 7.45. The van der Waals surface area contributed by atoms with E-state index in [0.717, 1.165) is 49.3 Å². The van der Waals surface area contributed by atoms with E-state index in [9.17, 15) is 5.11 Å². The molecule has 3 atom stereocenters.